The maximum Gasteiger partial charge on any atom is 0.280 e. The van der Waals surface area contributed by atoms with Crippen molar-refractivity contribution in [1.29, 1.82) is 0 Å². The van der Waals surface area contributed by atoms with Gasteiger partial charge >= 0.3 is 0 Å². The van der Waals surface area contributed by atoms with Crippen LogP contribution < -0.4 is 0 Å². The molecule has 1 nitrogen and oxygen atoms in total. The summed E-state index contributed by atoms with van der Waals surface area (Å²) in [4.78, 5) is 3.93. The lowest BCUT2D eigenvalue weighted by Gasteiger charge is -2.20. The molecule has 0 aromatic heterocycles. The third-order valence-corrected chi connectivity index (χ3v) is 3.64. The van der Waals surface area contributed by atoms with Gasteiger partial charge in [0.2, 0.25) is 0 Å². The Kier molecular flexibility index (Phi) is 2.31. The fourth-order valence-electron chi connectivity index (χ4n) is 2.62. The average molecular weight is 231 g/mol. The van der Waals surface area contributed by atoms with Crippen LogP contribution in [0.3, 0.4) is 0 Å². The Balaban J connectivity index is 2.40. The SMILES string of the molecule is [C-]#[N+]C1(C)c2ccccc2C=Cc2ccccc21. The first kappa shape index (κ1) is 10.8. The molecule has 2 aromatic carbocycles. The van der Waals surface area contributed by atoms with Crippen LogP contribution in [0, 0.1) is 6.57 Å². The maximum absolute atomic E-state index is 7.65. The van der Waals surface area contributed by atoms with Crippen molar-refractivity contribution >= 4 is 12.2 Å². The lowest BCUT2D eigenvalue weighted by Crippen LogP contribution is -2.20. The fraction of sp³-hybridized carbons (Fsp3) is 0.118. The lowest BCUT2D eigenvalue weighted by molar-refractivity contribution is 0.716. The van der Waals surface area contributed by atoms with Gasteiger partial charge < -0.3 is 4.85 Å². The van der Waals surface area contributed by atoms with Crippen LogP contribution in [0.2, 0.25) is 0 Å². The van der Waals surface area contributed by atoms with E-state index in [4.69, 9.17) is 6.57 Å². The molecule has 1 aliphatic carbocycles. The summed E-state index contributed by atoms with van der Waals surface area (Å²) < 4.78 is 0. The molecule has 0 amide bonds. The van der Waals surface area contributed by atoms with E-state index in [-0.39, 0.29) is 0 Å². The van der Waals surface area contributed by atoms with Gasteiger partial charge in [-0.1, -0.05) is 48.6 Å². The summed E-state index contributed by atoms with van der Waals surface area (Å²) in [6.07, 6.45) is 4.20. The highest BCUT2D eigenvalue weighted by atomic mass is 14.8. The molecule has 0 atom stereocenters. The smallest absolute Gasteiger partial charge is 0.280 e. The van der Waals surface area contributed by atoms with Gasteiger partial charge in [-0.2, -0.15) is 0 Å². The number of rotatable bonds is 0. The molecule has 0 unspecified atom stereocenters. The van der Waals surface area contributed by atoms with Crippen molar-refractivity contribution in [1.82, 2.24) is 0 Å². The summed E-state index contributed by atoms with van der Waals surface area (Å²) in [5.74, 6) is 0. The second-order valence-corrected chi connectivity index (χ2v) is 4.69. The van der Waals surface area contributed by atoms with E-state index < -0.39 is 5.54 Å². The Hall–Kier alpha value is -2.33. The normalized spacial score (nSPS) is 15.1. The second-order valence-electron chi connectivity index (χ2n) is 4.69. The van der Waals surface area contributed by atoms with E-state index in [2.05, 4.69) is 41.3 Å². The minimum absolute atomic E-state index is 0.601. The van der Waals surface area contributed by atoms with Gasteiger partial charge in [-0.15, -0.1) is 0 Å². The molecule has 18 heavy (non-hydrogen) atoms. The average Bonchev–Trinajstić information content (AvgIpc) is 2.56. The summed E-state index contributed by atoms with van der Waals surface area (Å²) >= 11 is 0. The predicted octanol–water partition coefficient (Wildman–Crippen LogP) is 4.35. The Morgan fingerprint density at radius 1 is 0.833 bits per heavy atom. The van der Waals surface area contributed by atoms with Gasteiger partial charge in [-0.25, -0.2) is 6.57 Å². The van der Waals surface area contributed by atoms with E-state index in [1.165, 1.54) is 0 Å². The van der Waals surface area contributed by atoms with Crippen molar-refractivity contribution in [2.24, 2.45) is 0 Å². The number of hydrogen-bond donors (Lipinski definition) is 0. The highest BCUT2D eigenvalue weighted by Gasteiger charge is 2.39. The zero-order chi connectivity index (χ0) is 12.6. The largest absolute Gasteiger partial charge is 0.300 e. The van der Waals surface area contributed by atoms with Gasteiger partial charge in [-0.05, 0) is 23.3 Å². The molecule has 3 rings (SSSR count). The molecular formula is C17H13N. The van der Waals surface area contributed by atoms with E-state index in [9.17, 15) is 0 Å². The molecule has 0 spiro atoms. The van der Waals surface area contributed by atoms with Crippen molar-refractivity contribution in [3.8, 4) is 0 Å². The minimum atomic E-state index is -0.601. The third-order valence-electron chi connectivity index (χ3n) is 3.64. The van der Waals surface area contributed by atoms with Crippen molar-refractivity contribution in [3.63, 3.8) is 0 Å². The van der Waals surface area contributed by atoms with Crippen LogP contribution in [0.25, 0.3) is 17.0 Å². The van der Waals surface area contributed by atoms with Crippen molar-refractivity contribution in [2.45, 2.75) is 12.5 Å². The van der Waals surface area contributed by atoms with E-state index in [0.29, 0.717) is 0 Å². The van der Waals surface area contributed by atoms with Crippen LogP contribution in [0.5, 0.6) is 0 Å². The second kappa shape index (κ2) is 3.85. The van der Waals surface area contributed by atoms with E-state index in [1.807, 2.05) is 31.2 Å². The molecule has 0 bridgehead atoms. The van der Waals surface area contributed by atoms with Gasteiger partial charge in [0.15, 0.2) is 0 Å². The standard InChI is InChI=1S/C17H13N/c1-17(18-2)15-9-5-3-7-13(15)11-12-14-8-4-6-10-16(14)17/h3-12H,1H3. The Morgan fingerprint density at radius 3 is 1.72 bits per heavy atom. The Bertz CT molecular complexity index is 625. The molecule has 1 aliphatic rings. The van der Waals surface area contributed by atoms with Gasteiger partial charge in [0, 0.05) is 18.1 Å². The molecule has 0 saturated carbocycles. The molecule has 0 fully saturated rings. The number of benzene rings is 2. The van der Waals surface area contributed by atoms with Crippen LogP contribution in [0.1, 0.15) is 29.2 Å². The van der Waals surface area contributed by atoms with Crippen LogP contribution in [-0.4, -0.2) is 0 Å². The number of nitrogens with zero attached hydrogens (tertiary/aromatic N) is 1. The number of fused-ring (bicyclic) bond motifs is 2. The quantitative estimate of drug-likeness (QED) is 0.594. The molecule has 86 valence electrons. The first-order valence-corrected chi connectivity index (χ1v) is 6.01. The van der Waals surface area contributed by atoms with Gasteiger partial charge in [0.1, 0.15) is 0 Å². The molecule has 0 aliphatic heterocycles. The Labute approximate surface area is 107 Å². The predicted molar refractivity (Wildman–Crippen MR) is 74.9 cm³/mol. The first-order valence-electron chi connectivity index (χ1n) is 6.01. The molecule has 0 radical (unpaired) electrons. The van der Waals surface area contributed by atoms with Gasteiger partial charge in [-0.3, -0.25) is 0 Å². The van der Waals surface area contributed by atoms with Crippen molar-refractivity contribution in [2.75, 3.05) is 0 Å². The Morgan fingerprint density at radius 2 is 1.28 bits per heavy atom. The van der Waals surface area contributed by atoms with E-state index in [1.54, 1.807) is 0 Å². The minimum Gasteiger partial charge on any atom is -0.300 e. The monoisotopic (exact) mass is 231 g/mol. The molecule has 0 N–H and O–H groups in total. The molecule has 0 heterocycles. The van der Waals surface area contributed by atoms with Crippen molar-refractivity contribution in [3.05, 3.63) is 82.2 Å². The van der Waals surface area contributed by atoms with Crippen LogP contribution in [-0.2, 0) is 5.54 Å². The van der Waals surface area contributed by atoms with Crippen LogP contribution >= 0.6 is 0 Å². The van der Waals surface area contributed by atoms with Crippen molar-refractivity contribution < 1.29 is 0 Å². The molecule has 0 saturated heterocycles. The van der Waals surface area contributed by atoms with Gasteiger partial charge in [0.25, 0.3) is 5.54 Å². The summed E-state index contributed by atoms with van der Waals surface area (Å²) in [7, 11) is 0. The molecule has 1 heteroatoms. The summed E-state index contributed by atoms with van der Waals surface area (Å²) in [6.45, 7) is 9.65. The van der Waals surface area contributed by atoms with Crippen LogP contribution in [0.15, 0.2) is 48.5 Å². The third kappa shape index (κ3) is 1.39. The topological polar surface area (TPSA) is 4.36 Å². The maximum atomic E-state index is 7.65. The summed E-state index contributed by atoms with van der Waals surface area (Å²) in [6, 6.07) is 16.3. The first-order chi connectivity index (χ1) is 8.75. The highest BCUT2D eigenvalue weighted by Crippen LogP contribution is 2.40. The van der Waals surface area contributed by atoms with E-state index >= 15 is 0 Å². The molecular weight excluding hydrogens is 218 g/mol. The zero-order valence-electron chi connectivity index (χ0n) is 10.2. The van der Waals surface area contributed by atoms with Crippen LogP contribution in [0.4, 0.5) is 0 Å². The summed E-state index contributed by atoms with van der Waals surface area (Å²) in [5, 5.41) is 0. The lowest BCUT2D eigenvalue weighted by atomic mass is 9.82. The number of hydrogen-bond acceptors (Lipinski definition) is 0. The van der Waals surface area contributed by atoms with Gasteiger partial charge in [0.05, 0.1) is 0 Å². The fourth-order valence-corrected chi connectivity index (χ4v) is 2.62. The highest BCUT2D eigenvalue weighted by molar-refractivity contribution is 5.78. The summed E-state index contributed by atoms with van der Waals surface area (Å²) in [5.41, 5.74) is 3.83. The molecule has 2 aromatic rings. The van der Waals surface area contributed by atoms with E-state index in [0.717, 1.165) is 22.3 Å². The zero-order valence-corrected chi connectivity index (χ0v) is 10.2.